The molecule has 1 aromatic carbocycles. The van der Waals surface area contributed by atoms with Crippen LogP contribution in [0.5, 0.6) is 0 Å². The lowest BCUT2D eigenvalue weighted by molar-refractivity contribution is -0.121. The first-order chi connectivity index (χ1) is 10.2. The molecule has 1 aliphatic heterocycles. The smallest absolute Gasteiger partial charge is 0.219 e. The van der Waals surface area contributed by atoms with Gasteiger partial charge in [-0.25, -0.2) is 0 Å². The Morgan fingerprint density at radius 1 is 1.43 bits per heavy atom. The topological polar surface area (TPSA) is 61.4 Å². The molecule has 0 spiro atoms. The summed E-state index contributed by atoms with van der Waals surface area (Å²) in [6, 6.07) is 10.9. The van der Waals surface area contributed by atoms with Gasteiger partial charge in [0.2, 0.25) is 5.91 Å². The van der Waals surface area contributed by atoms with Crippen molar-refractivity contribution in [2.24, 2.45) is 0 Å². The van der Waals surface area contributed by atoms with E-state index in [0.29, 0.717) is 12.5 Å². The van der Waals surface area contributed by atoms with Crippen LogP contribution in [0, 0.1) is 0 Å². The summed E-state index contributed by atoms with van der Waals surface area (Å²) in [5, 5.41) is 16.1. The lowest BCUT2D eigenvalue weighted by atomic mass is 9.92. The quantitative estimate of drug-likeness (QED) is 0.717. The molecule has 116 valence electrons. The highest BCUT2D eigenvalue weighted by Crippen LogP contribution is 2.23. The number of rotatable bonds is 7. The summed E-state index contributed by atoms with van der Waals surface area (Å²) in [6.45, 7) is 2.92. The largest absolute Gasteiger partial charge is 0.396 e. The van der Waals surface area contributed by atoms with E-state index < -0.39 is 0 Å². The molecule has 1 fully saturated rings. The third-order valence-electron chi connectivity index (χ3n) is 4.26. The maximum Gasteiger partial charge on any atom is 0.219 e. The fourth-order valence-electron chi connectivity index (χ4n) is 2.97. The molecule has 1 saturated heterocycles. The van der Waals surface area contributed by atoms with Crippen molar-refractivity contribution in [2.45, 2.75) is 50.6 Å². The summed E-state index contributed by atoms with van der Waals surface area (Å²) >= 11 is 0. The van der Waals surface area contributed by atoms with E-state index >= 15 is 0 Å². The molecule has 1 heterocycles. The van der Waals surface area contributed by atoms with Gasteiger partial charge in [-0.1, -0.05) is 37.3 Å². The van der Waals surface area contributed by atoms with E-state index in [0.717, 1.165) is 25.8 Å². The highest BCUT2D eigenvalue weighted by Gasteiger charge is 2.25. The molecule has 0 saturated carbocycles. The normalized spacial score (nSPS) is 23.0. The average Bonchev–Trinajstić information content (AvgIpc) is 2.96. The van der Waals surface area contributed by atoms with E-state index in [-0.39, 0.29) is 24.5 Å². The summed E-state index contributed by atoms with van der Waals surface area (Å²) in [4.78, 5) is 11.4. The molecule has 0 radical (unpaired) electrons. The summed E-state index contributed by atoms with van der Waals surface area (Å²) in [6.07, 6.45) is 3.52. The molecule has 4 nitrogen and oxygen atoms in total. The highest BCUT2D eigenvalue weighted by molar-refractivity contribution is 5.75. The fraction of sp³-hybridized carbons (Fsp3) is 0.588. The van der Waals surface area contributed by atoms with Crippen LogP contribution in [0.3, 0.4) is 0 Å². The van der Waals surface area contributed by atoms with Gasteiger partial charge in [-0.15, -0.1) is 0 Å². The Morgan fingerprint density at radius 3 is 2.86 bits per heavy atom. The predicted octanol–water partition coefficient (Wildman–Crippen LogP) is 1.80. The Kier molecular flexibility index (Phi) is 6.21. The summed E-state index contributed by atoms with van der Waals surface area (Å²) in [5.41, 5.74) is 1.20. The number of amides is 1. The Bertz CT molecular complexity index is 436. The zero-order chi connectivity index (χ0) is 15.1. The van der Waals surface area contributed by atoms with Gasteiger partial charge in [-0.2, -0.15) is 0 Å². The van der Waals surface area contributed by atoms with Crippen LogP contribution >= 0.6 is 0 Å². The Hall–Kier alpha value is -1.39. The van der Waals surface area contributed by atoms with Gasteiger partial charge in [-0.3, -0.25) is 4.79 Å². The molecule has 1 amide bonds. The number of aliphatic hydroxyl groups excluding tert-OH is 1. The number of benzene rings is 1. The number of hydrogen-bond acceptors (Lipinski definition) is 3. The van der Waals surface area contributed by atoms with Gasteiger partial charge in [0.25, 0.3) is 0 Å². The molecule has 1 aromatic rings. The molecular weight excluding hydrogens is 264 g/mol. The molecule has 0 bridgehead atoms. The first-order valence-electron chi connectivity index (χ1n) is 7.91. The molecule has 1 aliphatic rings. The van der Waals surface area contributed by atoms with E-state index in [2.05, 4.69) is 22.8 Å². The highest BCUT2D eigenvalue weighted by atomic mass is 16.3. The van der Waals surface area contributed by atoms with Crippen LogP contribution in [0.1, 0.15) is 44.1 Å². The molecule has 4 heteroatoms. The monoisotopic (exact) mass is 290 g/mol. The number of nitrogens with one attached hydrogen (secondary N) is 2. The van der Waals surface area contributed by atoms with Gasteiger partial charge in [0, 0.05) is 37.6 Å². The minimum atomic E-state index is 0.125. The van der Waals surface area contributed by atoms with Gasteiger partial charge >= 0.3 is 0 Å². The zero-order valence-electron chi connectivity index (χ0n) is 12.7. The molecule has 1 unspecified atom stereocenters. The van der Waals surface area contributed by atoms with Crippen molar-refractivity contribution in [1.29, 1.82) is 0 Å². The number of carbonyl (C=O) groups is 1. The molecular formula is C17H26N2O2. The van der Waals surface area contributed by atoms with Gasteiger partial charge in [-0.05, 0) is 24.8 Å². The number of hydrogen-bond donors (Lipinski definition) is 3. The zero-order valence-corrected chi connectivity index (χ0v) is 12.7. The van der Waals surface area contributed by atoms with Gasteiger partial charge < -0.3 is 15.7 Å². The average molecular weight is 290 g/mol. The van der Waals surface area contributed by atoms with Crippen LogP contribution in [0.2, 0.25) is 0 Å². The van der Waals surface area contributed by atoms with Gasteiger partial charge in [0.1, 0.15) is 0 Å². The van der Waals surface area contributed by atoms with Gasteiger partial charge in [0.05, 0.1) is 0 Å². The first-order valence-corrected chi connectivity index (χ1v) is 7.91. The Balaban J connectivity index is 1.77. The molecule has 21 heavy (non-hydrogen) atoms. The van der Waals surface area contributed by atoms with E-state index in [1.165, 1.54) is 5.56 Å². The molecule has 0 aliphatic carbocycles. The van der Waals surface area contributed by atoms with Crippen LogP contribution in [0.4, 0.5) is 0 Å². The number of aliphatic hydroxyl groups is 1. The third kappa shape index (κ3) is 4.83. The van der Waals surface area contributed by atoms with Crippen molar-refractivity contribution in [3.05, 3.63) is 35.9 Å². The second kappa shape index (κ2) is 8.15. The van der Waals surface area contributed by atoms with Crippen LogP contribution in [0.15, 0.2) is 30.3 Å². The van der Waals surface area contributed by atoms with Crippen molar-refractivity contribution >= 4 is 5.91 Å². The Labute approximate surface area is 126 Å². The minimum absolute atomic E-state index is 0.125. The number of carbonyl (C=O) groups excluding carboxylic acids is 1. The third-order valence-corrected chi connectivity index (χ3v) is 4.26. The van der Waals surface area contributed by atoms with Crippen LogP contribution in [-0.2, 0) is 4.79 Å². The van der Waals surface area contributed by atoms with E-state index in [1.807, 2.05) is 25.1 Å². The second-order valence-corrected chi connectivity index (χ2v) is 5.83. The van der Waals surface area contributed by atoms with Crippen LogP contribution in [-0.4, -0.2) is 36.2 Å². The molecule has 3 N–H and O–H groups in total. The predicted molar refractivity (Wildman–Crippen MR) is 84.1 cm³/mol. The van der Waals surface area contributed by atoms with Crippen LogP contribution in [0.25, 0.3) is 0 Å². The molecule has 2 rings (SSSR count). The van der Waals surface area contributed by atoms with Crippen LogP contribution < -0.4 is 10.6 Å². The molecule has 0 aromatic heterocycles. The van der Waals surface area contributed by atoms with Gasteiger partial charge in [0.15, 0.2) is 0 Å². The SMILES string of the molecule is CCC(=O)N[C@H]1CN[C@H](CCC(CO)c2ccccc2)C1. The molecule has 3 atom stereocenters. The maximum absolute atomic E-state index is 11.4. The van der Waals surface area contributed by atoms with Crippen molar-refractivity contribution in [3.63, 3.8) is 0 Å². The van der Waals surface area contributed by atoms with Crippen molar-refractivity contribution in [1.82, 2.24) is 10.6 Å². The second-order valence-electron chi connectivity index (χ2n) is 5.83. The van der Waals surface area contributed by atoms with Crippen molar-refractivity contribution in [3.8, 4) is 0 Å². The van der Waals surface area contributed by atoms with E-state index in [9.17, 15) is 9.90 Å². The van der Waals surface area contributed by atoms with E-state index in [1.54, 1.807) is 0 Å². The van der Waals surface area contributed by atoms with Crippen molar-refractivity contribution in [2.75, 3.05) is 13.2 Å². The minimum Gasteiger partial charge on any atom is -0.396 e. The standard InChI is InChI=1S/C17H26N2O2/c1-2-17(21)19-16-10-15(18-11-16)9-8-14(12-20)13-6-4-3-5-7-13/h3-7,14-16,18,20H,2,8-12H2,1H3,(H,19,21)/t14?,15-,16-/m1/s1. The summed E-state index contributed by atoms with van der Waals surface area (Å²) in [5.74, 6) is 0.331. The lowest BCUT2D eigenvalue weighted by Crippen LogP contribution is -2.35. The maximum atomic E-state index is 11.4. The Morgan fingerprint density at radius 2 is 2.19 bits per heavy atom. The first kappa shape index (κ1) is 16.0. The lowest BCUT2D eigenvalue weighted by Gasteiger charge is -2.17. The fourth-order valence-corrected chi connectivity index (χ4v) is 2.97. The van der Waals surface area contributed by atoms with E-state index in [4.69, 9.17) is 0 Å². The summed E-state index contributed by atoms with van der Waals surface area (Å²) in [7, 11) is 0. The van der Waals surface area contributed by atoms with Crippen molar-refractivity contribution < 1.29 is 9.90 Å². The summed E-state index contributed by atoms with van der Waals surface area (Å²) < 4.78 is 0.